The highest BCUT2D eigenvalue weighted by atomic mass is 35.5. The van der Waals surface area contributed by atoms with E-state index >= 15 is 0 Å². The van der Waals surface area contributed by atoms with Crippen LogP contribution in [0.1, 0.15) is 30.9 Å². The third kappa shape index (κ3) is 3.76. The molecule has 0 saturated carbocycles. The fraction of sp³-hybridized carbons (Fsp3) is 0.467. The van der Waals surface area contributed by atoms with Gasteiger partial charge in [0.2, 0.25) is 0 Å². The Kier molecular flexibility index (Phi) is 5.25. The van der Waals surface area contributed by atoms with Gasteiger partial charge in [0.1, 0.15) is 0 Å². The Hall–Kier alpha value is -1.10. The summed E-state index contributed by atoms with van der Waals surface area (Å²) in [6.45, 7) is 9.70. The molecule has 2 heterocycles. The van der Waals surface area contributed by atoms with Crippen molar-refractivity contribution in [1.82, 2.24) is 20.1 Å². The lowest BCUT2D eigenvalue weighted by Gasteiger charge is -2.10. The first-order chi connectivity index (χ1) is 9.90. The van der Waals surface area contributed by atoms with E-state index in [0.717, 1.165) is 29.4 Å². The molecule has 0 bridgehead atoms. The van der Waals surface area contributed by atoms with Gasteiger partial charge in [-0.2, -0.15) is 5.10 Å². The van der Waals surface area contributed by atoms with Crippen LogP contribution in [0.2, 0.25) is 10.0 Å². The molecule has 0 aromatic carbocycles. The molecule has 0 aliphatic rings. The van der Waals surface area contributed by atoms with Crippen molar-refractivity contribution < 1.29 is 0 Å². The van der Waals surface area contributed by atoms with Crippen LogP contribution in [0.3, 0.4) is 0 Å². The Bertz CT molecular complexity index is 635. The van der Waals surface area contributed by atoms with E-state index < -0.39 is 0 Å². The molecule has 0 radical (unpaired) electrons. The minimum absolute atomic E-state index is 0.585. The van der Waals surface area contributed by atoms with Crippen LogP contribution in [-0.4, -0.2) is 21.3 Å². The van der Waals surface area contributed by atoms with Crippen LogP contribution in [0.25, 0.3) is 5.82 Å². The molecule has 2 aromatic rings. The zero-order chi connectivity index (χ0) is 15.6. The van der Waals surface area contributed by atoms with Crippen molar-refractivity contribution in [3.63, 3.8) is 0 Å². The van der Waals surface area contributed by atoms with Crippen LogP contribution in [0.5, 0.6) is 0 Å². The van der Waals surface area contributed by atoms with Gasteiger partial charge in [0.15, 0.2) is 5.82 Å². The summed E-state index contributed by atoms with van der Waals surface area (Å²) in [5.74, 6) is 1.31. The van der Waals surface area contributed by atoms with Gasteiger partial charge < -0.3 is 5.32 Å². The topological polar surface area (TPSA) is 42.7 Å². The monoisotopic (exact) mass is 326 g/mol. The first-order valence-corrected chi connectivity index (χ1v) is 7.74. The number of aromatic nitrogens is 3. The standard InChI is InChI=1S/C15H20Cl2N4/c1-9(2)7-18-8-13-12(16)5-6-14(19-13)21-11(4)15(17)10(3)20-21/h5-6,9,18H,7-8H2,1-4H3. The Labute approximate surface area is 135 Å². The quantitative estimate of drug-likeness (QED) is 0.905. The van der Waals surface area contributed by atoms with Crippen molar-refractivity contribution in [2.24, 2.45) is 5.92 Å². The molecule has 2 rings (SSSR count). The zero-order valence-electron chi connectivity index (χ0n) is 12.7. The summed E-state index contributed by atoms with van der Waals surface area (Å²) >= 11 is 12.4. The molecular formula is C15H20Cl2N4. The van der Waals surface area contributed by atoms with Crippen LogP contribution in [-0.2, 0) is 6.54 Å². The minimum Gasteiger partial charge on any atom is -0.311 e. The Morgan fingerprint density at radius 3 is 2.52 bits per heavy atom. The maximum Gasteiger partial charge on any atom is 0.154 e. The molecule has 0 spiro atoms. The van der Waals surface area contributed by atoms with Gasteiger partial charge in [-0.15, -0.1) is 0 Å². The molecule has 0 unspecified atom stereocenters. The van der Waals surface area contributed by atoms with Crippen molar-refractivity contribution >= 4 is 23.2 Å². The van der Waals surface area contributed by atoms with Crippen molar-refractivity contribution in [3.05, 3.63) is 39.3 Å². The number of hydrogen-bond acceptors (Lipinski definition) is 3. The van der Waals surface area contributed by atoms with Gasteiger partial charge >= 0.3 is 0 Å². The smallest absolute Gasteiger partial charge is 0.154 e. The van der Waals surface area contributed by atoms with E-state index in [1.165, 1.54) is 0 Å². The normalized spacial score (nSPS) is 11.4. The number of hydrogen-bond donors (Lipinski definition) is 1. The van der Waals surface area contributed by atoms with Crippen LogP contribution in [0.4, 0.5) is 0 Å². The summed E-state index contributed by atoms with van der Waals surface area (Å²) in [4.78, 5) is 4.60. The number of nitrogens with zero attached hydrogens (tertiary/aromatic N) is 3. The molecule has 6 heteroatoms. The molecule has 114 valence electrons. The summed E-state index contributed by atoms with van der Waals surface area (Å²) in [7, 11) is 0. The zero-order valence-corrected chi connectivity index (χ0v) is 14.3. The Morgan fingerprint density at radius 2 is 1.95 bits per heavy atom. The summed E-state index contributed by atoms with van der Waals surface area (Å²) in [6, 6.07) is 3.70. The SMILES string of the molecule is Cc1nn(-c2ccc(Cl)c(CNCC(C)C)n2)c(C)c1Cl. The lowest BCUT2D eigenvalue weighted by atomic mass is 10.2. The van der Waals surface area contributed by atoms with Gasteiger partial charge in [-0.05, 0) is 38.4 Å². The van der Waals surface area contributed by atoms with Gasteiger partial charge in [-0.3, -0.25) is 0 Å². The third-order valence-electron chi connectivity index (χ3n) is 3.17. The lowest BCUT2D eigenvalue weighted by molar-refractivity contribution is 0.547. The fourth-order valence-corrected chi connectivity index (χ4v) is 2.33. The molecule has 2 aromatic heterocycles. The average Bonchev–Trinajstić information content (AvgIpc) is 2.68. The predicted octanol–water partition coefficient (Wildman–Crippen LogP) is 3.94. The largest absolute Gasteiger partial charge is 0.311 e. The Balaban J connectivity index is 2.27. The molecule has 0 amide bonds. The maximum atomic E-state index is 6.22. The summed E-state index contributed by atoms with van der Waals surface area (Å²) in [5, 5.41) is 9.09. The summed E-state index contributed by atoms with van der Waals surface area (Å²) < 4.78 is 1.75. The first kappa shape index (κ1) is 16.3. The number of rotatable bonds is 5. The van der Waals surface area contributed by atoms with E-state index in [0.29, 0.717) is 22.5 Å². The molecule has 21 heavy (non-hydrogen) atoms. The first-order valence-electron chi connectivity index (χ1n) is 6.98. The van der Waals surface area contributed by atoms with Crippen LogP contribution in [0.15, 0.2) is 12.1 Å². The highest BCUT2D eigenvalue weighted by Crippen LogP contribution is 2.23. The maximum absolute atomic E-state index is 6.22. The van der Waals surface area contributed by atoms with Crippen molar-refractivity contribution in [2.75, 3.05) is 6.54 Å². The number of nitrogens with one attached hydrogen (secondary N) is 1. The molecule has 0 aliphatic heterocycles. The lowest BCUT2D eigenvalue weighted by Crippen LogP contribution is -2.20. The van der Waals surface area contributed by atoms with Crippen molar-refractivity contribution in [3.8, 4) is 5.82 Å². The number of pyridine rings is 1. The van der Waals surface area contributed by atoms with Crippen LogP contribution < -0.4 is 5.32 Å². The highest BCUT2D eigenvalue weighted by molar-refractivity contribution is 6.32. The highest BCUT2D eigenvalue weighted by Gasteiger charge is 2.13. The van der Waals surface area contributed by atoms with E-state index in [1.54, 1.807) is 4.68 Å². The van der Waals surface area contributed by atoms with Gasteiger partial charge in [0.25, 0.3) is 0 Å². The molecule has 0 fully saturated rings. The van der Waals surface area contributed by atoms with E-state index in [1.807, 2.05) is 26.0 Å². The van der Waals surface area contributed by atoms with Gasteiger partial charge in [0, 0.05) is 6.54 Å². The molecule has 1 N–H and O–H groups in total. The van der Waals surface area contributed by atoms with E-state index in [4.69, 9.17) is 23.2 Å². The molecule has 0 saturated heterocycles. The number of aryl methyl sites for hydroxylation is 1. The van der Waals surface area contributed by atoms with Gasteiger partial charge in [-0.25, -0.2) is 9.67 Å². The molecule has 4 nitrogen and oxygen atoms in total. The second-order valence-corrected chi connectivity index (χ2v) is 6.30. The number of halogens is 2. The van der Waals surface area contributed by atoms with E-state index in [2.05, 4.69) is 29.2 Å². The van der Waals surface area contributed by atoms with Gasteiger partial charge in [-0.1, -0.05) is 37.0 Å². The third-order valence-corrected chi connectivity index (χ3v) is 4.06. The van der Waals surface area contributed by atoms with Crippen molar-refractivity contribution in [2.45, 2.75) is 34.2 Å². The predicted molar refractivity (Wildman–Crippen MR) is 87.4 cm³/mol. The van der Waals surface area contributed by atoms with Crippen LogP contribution >= 0.6 is 23.2 Å². The summed E-state index contributed by atoms with van der Waals surface area (Å²) in [6.07, 6.45) is 0. The second-order valence-electron chi connectivity index (χ2n) is 5.52. The Morgan fingerprint density at radius 1 is 1.24 bits per heavy atom. The van der Waals surface area contributed by atoms with E-state index in [9.17, 15) is 0 Å². The molecule has 0 atom stereocenters. The second kappa shape index (κ2) is 6.77. The fourth-order valence-electron chi connectivity index (χ4n) is 2.04. The molecule has 0 aliphatic carbocycles. The average molecular weight is 327 g/mol. The molecular weight excluding hydrogens is 307 g/mol. The van der Waals surface area contributed by atoms with E-state index in [-0.39, 0.29) is 0 Å². The summed E-state index contributed by atoms with van der Waals surface area (Å²) in [5.41, 5.74) is 2.49. The van der Waals surface area contributed by atoms with Crippen LogP contribution in [0, 0.1) is 19.8 Å². The minimum atomic E-state index is 0.585. The van der Waals surface area contributed by atoms with Crippen molar-refractivity contribution in [1.29, 1.82) is 0 Å². The van der Waals surface area contributed by atoms with Gasteiger partial charge in [0.05, 0.1) is 27.1 Å².